The molecule has 22 heavy (non-hydrogen) atoms. The van der Waals surface area contributed by atoms with E-state index in [-0.39, 0.29) is 11.4 Å². The number of benzene rings is 1. The predicted molar refractivity (Wildman–Crippen MR) is 91.4 cm³/mol. The van der Waals surface area contributed by atoms with Crippen molar-refractivity contribution >= 4 is 33.3 Å². The third kappa shape index (κ3) is 4.53. The minimum atomic E-state index is -0.314. The number of aromatic nitrogens is 2. The topological polar surface area (TPSA) is 66.9 Å². The molecule has 0 fully saturated rings. The summed E-state index contributed by atoms with van der Waals surface area (Å²) in [6.07, 6.45) is 0. The zero-order valence-electron chi connectivity index (χ0n) is 13.1. The molecule has 0 aliphatic heterocycles. The number of rotatable bonds is 3. The van der Waals surface area contributed by atoms with Crippen molar-refractivity contribution in [1.82, 2.24) is 15.3 Å². The summed E-state index contributed by atoms with van der Waals surface area (Å²) in [4.78, 5) is 20.8. The molecule has 0 saturated heterocycles. The Hall–Kier alpha value is -1.95. The molecular weight excluding hydrogens is 344 g/mol. The number of hydrogen-bond donors (Lipinski definition) is 2. The van der Waals surface area contributed by atoms with E-state index in [1.165, 1.54) is 0 Å². The van der Waals surface area contributed by atoms with Gasteiger partial charge in [0.1, 0.15) is 17.3 Å². The van der Waals surface area contributed by atoms with Gasteiger partial charge in [-0.15, -0.1) is 0 Å². The van der Waals surface area contributed by atoms with Gasteiger partial charge in [-0.1, -0.05) is 12.1 Å². The SMILES string of the molecule is Cc1nc(Nc2ccccc2Br)cc(C(=O)NC(C)(C)C)n1. The van der Waals surface area contributed by atoms with Gasteiger partial charge in [-0.25, -0.2) is 9.97 Å². The lowest BCUT2D eigenvalue weighted by atomic mass is 10.1. The molecule has 1 aromatic carbocycles. The predicted octanol–water partition coefficient (Wildman–Crippen LogP) is 3.82. The van der Waals surface area contributed by atoms with Crippen LogP contribution in [0.4, 0.5) is 11.5 Å². The Kier molecular flexibility index (Phi) is 4.81. The lowest BCUT2D eigenvalue weighted by Crippen LogP contribution is -2.41. The van der Waals surface area contributed by atoms with Gasteiger partial charge in [0.05, 0.1) is 5.69 Å². The number of para-hydroxylation sites is 1. The van der Waals surface area contributed by atoms with Gasteiger partial charge in [0.15, 0.2) is 0 Å². The number of hydrogen-bond acceptors (Lipinski definition) is 4. The summed E-state index contributed by atoms with van der Waals surface area (Å²) >= 11 is 3.47. The van der Waals surface area contributed by atoms with E-state index in [2.05, 4.69) is 36.5 Å². The minimum Gasteiger partial charge on any atom is -0.346 e. The Labute approximate surface area is 138 Å². The molecule has 0 spiro atoms. The molecule has 2 N–H and O–H groups in total. The molecule has 6 heteroatoms. The fourth-order valence-electron chi connectivity index (χ4n) is 1.85. The number of aryl methyl sites for hydroxylation is 1. The molecule has 1 heterocycles. The van der Waals surface area contributed by atoms with Gasteiger partial charge in [0.2, 0.25) is 0 Å². The Morgan fingerprint density at radius 2 is 1.86 bits per heavy atom. The fourth-order valence-corrected chi connectivity index (χ4v) is 2.24. The van der Waals surface area contributed by atoms with Crippen molar-refractivity contribution in [2.45, 2.75) is 33.2 Å². The third-order valence-electron chi connectivity index (χ3n) is 2.70. The van der Waals surface area contributed by atoms with Crippen molar-refractivity contribution in [3.63, 3.8) is 0 Å². The normalized spacial score (nSPS) is 11.1. The van der Waals surface area contributed by atoms with Crippen LogP contribution in [0.5, 0.6) is 0 Å². The molecule has 0 aliphatic rings. The van der Waals surface area contributed by atoms with Crippen LogP contribution < -0.4 is 10.6 Å². The number of nitrogens with one attached hydrogen (secondary N) is 2. The fraction of sp³-hybridized carbons (Fsp3) is 0.312. The van der Waals surface area contributed by atoms with Gasteiger partial charge in [0, 0.05) is 16.1 Å². The molecule has 0 radical (unpaired) electrons. The van der Waals surface area contributed by atoms with E-state index in [1.807, 2.05) is 45.0 Å². The van der Waals surface area contributed by atoms with E-state index in [1.54, 1.807) is 13.0 Å². The van der Waals surface area contributed by atoms with Gasteiger partial charge in [-0.05, 0) is 55.8 Å². The second-order valence-electron chi connectivity index (χ2n) is 5.99. The second-order valence-corrected chi connectivity index (χ2v) is 6.85. The van der Waals surface area contributed by atoms with Crippen molar-refractivity contribution in [1.29, 1.82) is 0 Å². The summed E-state index contributed by atoms with van der Waals surface area (Å²) in [6, 6.07) is 9.37. The number of halogens is 1. The van der Waals surface area contributed by atoms with E-state index >= 15 is 0 Å². The molecule has 2 rings (SSSR count). The largest absolute Gasteiger partial charge is 0.346 e. The van der Waals surface area contributed by atoms with Crippen LogP contribution in [0.3, 0.4) is 0 Å². The minimum absolute atomic E-state index is 0.215. The summed E-state index contributed by atoms with van der Waals surface area (Å²) in [5.74, 6) is 0.905. The average molecular weight is 363 g/mol. The van der Waals surface area contributed by atoms with Crippen LogP contribution in [0.15, 0.2) is 34.8 Å². The molecule has 1 aromatic heterocycles. The highest BCUT2D eigenvalue weighted by Crippen LogP contribution is 2.24. The first kappa shape index (κ1) is 16.4. The number of amides is 1. The molecule has 0 bridgehead atoms. The van der Waals surface area contributed by atoms with Gasteiger partial charge in [-0.2, -0.15) is 0 Å². The van der Waals surface area contributed by atoms with E-state index in [0.717, 1.165) is 10.2 Å². The highest BCUT2D eigenvalue weighted by Gasteiger charge is 2.17. The van der Waals surface area contributed by atoms with Crippen molar-refractivity contribution in [2.24, 2.45) is 0 Å². The van der Waals surface area contributed by atoms with Crippen LogP contribution in [0.1, 0.15) is 37.1 Å². The van der Waals surface area contributed by atoms with Gasteiger partial charge in [0.25, 0.3) is 5.91 Å². The first-order valence-electron chi connectivity index (χ1n) is 6.94. The van der Waals surface area contributed by atoms with Crippen LogP contribution in [0.25, 0.3) is 0 Å². The first-order chi connectivity index (χ1) is 10.2. The molecule has 0 saturated carbocycles. The van der Waals surface area contributed by atoms with Gasteiger partial charge >= 0.3 is 0 Å². The summed E-state index contributed by atoms with van der Waals surface area (Å²) in [5, 5.41) is 6.09. The van der Waals surface area contributed by atoms with Crippen LogP contribution in [-0.2, 0) is 0 Å². The maximum absolute atomic E-state index is 12.2. The standard InChI is InChI=1S/C16H19BrN4O/c1-10-18-13(15(22)21-16(2,3)4)9-14(19-10)20-12-8-6-5-7-11(12)17/h5-9H,1-4H3,(H,21,22)(H,18,19,20). The van der Waals surface area contributed by atoms with Gasteiger partial charge < -0.3 is 10.6 Å². The maximum atomic E-state index is 12.2. The number of nitrogens with zero attached hydrogens (tertiary/aromatic N) is 2. The lowest BCUT2D eigenvalue weighted by molar-refractivity contribution is 0.0914. The van der Waals surface area contributed by atoms with Crippen LogP contribution in [0, 0.1) is 6.92 Å². The molecule has 1 amide bonds. The molecule has 116 valence electrons. The second kappa shape index (κ2) is 6.44. The van der Waals surface area contributed by atoms with Crippen LogP contribution in [0.2, 0.25) is 0 Å². The molecular formula is C16H19BrN4O. The number of carbonyl (C=O) groups is 1. The average Bonchev–Trinajstić information content (AvgIpc) is 2.39. The molecule has 0 atom stereocenters. The summed E-state index contributed by atoms with van der Waals surface area (Å²) in [5.41, 5.74) is 0.908. The summed E-state index contributed by atoms with van der Waals surface area (Å²) in [7, 11) is 0. The number of carbonyl (C=O) groups excluding carboxylic acids is 1. The summed E-state index contributed by atoms with van der Waals surface area (Å²) < 4.78 is 0.923. The Morgan fingerprint density at radius 1 is 1.18 bits per heavy atom. The van der Waals surface area contributed by atoms with Crippen LogP contribution in [-0.4, -0.2) is 21.4 Å². The zero-order valence-corrected chi connectivity index (χ0v) is 14.7. The lowest BCUT2D eigenvalue weighted by Gasteiger charge is -2.20. The van der Waals surface area contributed by atoms with Crippen LogP contribution >= 0.6 is 15.9 Å². The molecule has 0 unspecified atom stereocenters. The van der Waals surface area contributed by atoms with E-state index < -0.39 is 0 Å². The highest BCUT2D eigenvalue weighted by molar-refractivity contribution is 9.10. The Morgan fingerprint density at radius 3 is 2.50 bits per heavy atom. The molecule has 5 nitrogen and oxygen atoms in total. The molecule has 0 aliphatic carbocycles. The van der Waals surface area contributed by atoms with E-state index in [0.29, 0.717) is 17.3 Å². The van der Waals surface area contributed by atoms with Gasteiger partial charge in [-0.3, -0.25) is 4.79 Å². The van der Waals surface area contributed by atoms with Crippen molar-refractivity contribution < 1.29 is 4.79 Å². The first-order valence-corrected chi connectivity index (χ1v) is 7.74. The van der Waals surface area contributed by atoms with Crippen molar-refractivity contribution in [2.75, 3.05) is 5.32 Å². The molecule has 2 aromatic rings. The zero-order chi connectivity index (χ0) is 16.3. The third-order valence-corrected chi connectivity index (χ3v) is 3.39. The summed E-state index contributed by atoms with van der Waals surface area (Å²) in [6.45, 7) is 7.55. The van der Waals surface area contributed by atoms with Crippen molar-refractivity contribution in [3.05, 3.63) is 46.3 Å². The van der Waals surface area contributed by atoms with Crippen molar-refractivity contribution in [3.8, 4) is 0 Å². The number of anilines is 2. The van der Waals surface area contributed by atoms with E-state index in [9.17, 15) is 4.79 Å². The smallest absolute Gasteiger partial charge is 0.270 e. The highest BCUT2D eigenvalue weighted by atomic mass is 79.9. The quantitative estimate of drug-likeness (QED) is 0.870. The Balaban J connectivity index is 2.27. The monoisotopic (exact) mass is 362 g/mol. The Bertz CT molecular complexity index is 695. The van der Waals surface area contributed by atoms with E-state index in [4.69, 9.17) is 0 Å². The maximum Gasteiger partial charge on any atom is 0.270 e.